The lowest BCUT2D eigenvalue weighted by atomic mass is 9.79. The molecule has 3 unspecified atom stereocenters. The molecule has 2 N–H and O–H groups in total. The molecule has 1 aromatic rings. The van der Waals surface area contributed by atoms with Crippen LogP contribution in [0.5, 0.6) is 0 Å². The van der Waals surface area contributed by atoms with Crippen molar-refractivity contribution in [3.05, 3.63) is 32.7 Å². The van der Waals surface area contributed by atoms with Gasteiger partial charge in [-0.15, -0.1) is 0 Å². The first-order chi connectivity index (χ1) is 9.58. The highest BCUT2D eigenvalue weighted by Crippen LogP contribution is 2.40. The minimum atomic E-state index is -0.0796. The van der Waals surface area contributed by atoms with Gasteiger partial charge in [0.2, 0.25) is 0 Å². The van der Waals surface area contributed by atoms with Crippen molar-refractivity contribution in [3.8, 4) is 0 Å². The van der Waals surface area contributed by atoms with Crippen LogP contribution in [0.3, 0.4) is 0 Å². The Bertz CT molecular complexity index is 469. The number of halogens is 2. The highest BCUT2D eigenvalue weighted by Gasteiger charge is 2.42. The Hall–Kier alpha value is 0.0600. The molecule has 1 aromatic carbocycles. The van der Waals surface area contributed by atoms with Crippen LogP contribution in [-0.2, 0) is 9.47 Å². The van der Waals surface area contributed by atoms with E-state index < -0.39 is 0 Å². The summed E-state index contributed by atoms with van der Waals surface area (Å²) in [4.78, 5) is 0. The summed E-state index contributed by atoms with van der Waals surface area (Å²) in [6.07, 6.45) is 3.02. The van der Waals surface area contributed by atoms with Gasteiger partial charge in [-0.1, -0.05) is 31.9 Å². The minimum absolute atomic E-state index is 0.0465. The lowest BCUT2D eigenvalue weighted by molar-refractivity contribution is -0.101. The highest BCUT2D eigenvalue weighted by atomic mass is 79.9. The Labute approximate surface area is 136 Å². The zero-order valence-electron chi connectivity index (χ0n) is 11.3. The Morgan fingerprint density at radius 1 is 1.20 bits per heavy atom. The Balaban J connectivity index is 1.77. The van der Waals surface area contributed by atoms with Crippen molar-refractivity contribution < 1.29 is 9.47 Å². The summed E-state index contributed by atoms with van der Waals surface area (Å²) in [6.45, 7) is 2.32. The molecule has 5 heteroatoms. The Morgan fingerprint density at radius 3 is 2.60 bits per heavy atom. The summed E-state index contributed by atoms with van der Waals surface area (Å²) in [5.41, 5.74) is 7.61. The molecular formula is C15H19Br2NO2. The number of hydrogen-bond donors (Lipinski definition) is 1. The van der Waals surface area contributed by atoms with Gasteiger partial charge >= 0.3 is 0 Å². The maximum Gasteiger partial charge on any atom is 0.0940 e. The van der Waals surface area contributed by atoms with Gasteiger partial charge in [0.25, 0.3) is 0 Å². The van der Waals surface area contributed by atoms with Gasteiger partial charge in [0.15, 0.2) is 0 Å². The van der Waals surface area contributed by atoms with Crippen LogP contribution in [0.15, 0.2) is 27.1 Å². The molecule has 0 bridgehead atoms. The van der Waals surface area contributed by atoms with Crippen molar-refractivity contribution in [3.63, 3.8) is 0 Å². The molecule has 2 saturated heterocycles. The second kappa shape index (κ2) is 6.05. The zero-order valence-corrected chi connectivity index (χ0v) is 14.5. The van der Waals surface area contributed by atoms with E-state index in [-0.39, 0.29) is 11.6 Å². The molecule has 0 aliphatic carbocycles. The SMILES string of the molecule is NC(c1cc(Br)cc(Br)c1)C1CCOC2(CCOC2)C1. The monoisotopic (exact) mass is 403 g/mol. The summed E-state index contributed by atoms with van der Waals surface area (Å²) >= 11 is 7.07. The van der Waals surface area contributed by atoms with Gasteiger partial charge in [-0.25, -0.2) is 0 Å². The third kappa shape index (κ3) is 3.12. The lowest BCUT2D eigenvalue weighted by Gasteiger charge is -2.39. The fourth-order valence-electron chi connectivity index (χ4n) is 3.28. The number of nitrogens with two attached hydrogens (primary N) is 1. The van der Waals surface area contributed by atoms with E-state index in [0.717, 1.165) is 48.0 Å². The first-order valence-electron chi connectivity index (χ1n) is 7.01. The van der Waals surface area contributed by atoms with E-state index in [4.69, 9.17) is 15.2 Å². The normalized spacial score (nSPS) is 31.6. The molecule has 1 spiro atoms. The van der Waals surface area contributed by atoms with Crippen molar-refractivity contribution >= 4 is 31.9 Å². The molecule has 3 nitrogen and oxygen atoms in total. The molecule has 3 rings (SSSR count). The predicted molar refractivity (Wildman–Crippen MR) is 85.6 cm³/mol. The predicted octanol–water partition coefficient (Wildman–Crippen LogP) is 3.80. The van der Waals surface area contributed by atoms with E-state index in [2.05, 4.69) is 44.0 Å². The molecule has 2 heterocycles. The Morgan fingerprint density at radius 2 is 1.95 bits per heavy atom. The third-order valence-corrected chi connectivity index (χ3v) is 5.29. The molecule has 3 atom stereocenters. The maximum atomic E-state index is 6.52. The minimum Gasteiger partial charge on any atom is -0.378 e. The van der Waals surface area contributed by atoms with Gasteiger partial charge in [-0.3, -0.25) is 0 Å². The number of rotatable bonds is 2. The standard InChI is InChI=1S/C15H19Br2NO2/c16-12-5-11(6-13(17)7-12)14(18)10-1-3-20-15(8-10)2-4-19-9-15/h5-7,10,14H,1-4,8-9,18H2. The lowest BCUT2D eigenvalue weighted by Crippen LogP contribution is -2.43. The van der Waals surface area contributed by atoms with Crippen molar-refractivity contribution in [2.45, 2.75) is 30.9 Å². The van der Waals surface area contributed by atoms with Crippen LogP contribution in [0.1, 0.15) is 30.9 Å². The largest absolute Gasteiger partial charge is 0.378 e. The van der Waals surface area contributed by atoms with E-state index >= 15 is 0 Å². The van der Waals surface area contributed by atoms with Gasteiger partial charge in [0.1, 0.15) is 0 Å². The number of hydrogen-bond acceptors (Lipinski definition) is 3. The molecule has 0 saturated carbocycles. The molecular weight excluding hydrogens is 386 g/mol. The second-order valence-electron chi connectivity index (χ2n) is 5.82. The van der Waals surface area contributed by atoms with Crippen LogP contribution in [-0.4, -0.2) is 25.4 Å². The highest BCUT2D eigenvalue weighted by molar-refractivity contribution is 9.11. The second-order valence-corrected chi connectivity index (χ2v) is 7.65. The first-order valence-corrected chi connectivity index (χ1v) is 8.60. The van der Waals surface area contributed by atoms with Crippen LogP contribution in [0.25, 0.3) is 0 Å². The van der Waals surface area contributed by atoms with Gasteiger partial charge in [0, 0.05) is 34.6 Å². The van der Waals surface area contributed by atoms with E-state index in [1.165, 1.54) is 5.56 Å². The van der Waals surface area contributed by atoms with Gasteiger partial charge in [-0.05, 0) is 42.5 Å². The average Bonchev–Trinajstić information content (AvgIpc) is 2.85. The molecule has 2 aliphatic heterocycles. The fourth-order valence-corrected chi connectivity index (χ4v) is 4.60. The average molecular weight is 405 g/mol. The van der Waals surface area contributed by atoms with Crippen LogP contribution >= 0.6 is 31.9 Å². The molecule has 20 heavy (non-hydrogen) atoms. The van der Waals surface area contributed by atoms with E-state index in [9.17, 15) is 0 Å². The topological polar surface area (TPSA) is 44.5 Å². The quantitative estimate of drug-likeness (QED) is 0.815. The number of benzene rings is 1. The molecule has 110 valence electrons. The molecule has 0 amide bonds. The van der Waals surface area contributed by atoms with Crippen molar-refractivity contribution in [2.24, 2.45) is 11.7 Å². The van der Waals surface area contributed by atoms with Crippen LogP contribution in [0, 0.1) is 5.92 Å². The molecule has 0 aromatic heterocycles. The van der Waals surface area contributed by atoms with E-state index in [0.29, 0.717) is 5.92 Å². The van der Waals surface area contributed by atoms with E-state index in [1.807, 2.05) is 6.07 Å². The van der Waals surface area contributed by atoms with Crippen LogP contribution in [0.2, 0.25) is 0 Å². The van der Waals surface area contributed by atoms with Crippen molar-refractivity contribution in [1.29, 1.82) is 0 Å². The summed E-state index contributed by atoms with van der Waals surface area (Å²) in [6, 6.07) is 6.31. The Kier molecular flexibility index (Phi) is 4.53. The molecule has 2 fully saturated rings. The van der Waals surface area contributed by atoms with Crippen molar-refractivity contribution in [2.75, 3.05) is 19.8 Å². The summed E-state index contributed by atoms with van der Waals surface area (Å²) in [5.74, 6) is 0.451. The van der Waals surface area contributed by atoms with Crippen LogP contribution < -0.4 is 5.73 Å². The van der Waals surface area contributed by atoms with E-state index in [1.54, 1.807) is 0 Å². The van der Waals surface area contributed by atoms with Crippen molar-refractivity contribution in [1.82, 2.24) is 0 Å². The zero-order chi connectivity index (χ0) is 14.2. The molecule has 2 aliphatic rings. The summed E-state index contributed by atoms with van der Waals surface area (Å²) in [7, 11) is 0. The number of ether oxygens (including phenoxy) is 2. The summed E-state index contributed by atoms with van der Waals surface area (Å²) < 4.78 is 13.6. The third-order valence-electron chi connectivity index (χ3n) is 4.38. The van der Waals surface area contributed by atoms with Gasteiger partial charge in [-0.2, -0.15) is 0 Å². The molecule has 0 radical (unpaired) electrons. The first kappa shape index (κ1) is 15.0. The summed E-state index contributed by atoms with van der Waals surface area (Å²) in [5, 5.41) is 0. The van der Waals surface area contributed by atoms with Crippen LogP contribution in [0.4, 0.5) is 0 Å². The van der Waals surface area contributed by atoms with Gasteiger partial charge < -0.3 is 15.2 Å². The maximum absolute atomic E-state index is 6.52. The fraction of sp³-hybridized carbons (Fsp3) is 0.600. The smallest absolute Gasteiger partial charge is 0.0940 e. The van der Waals surface area contributed by atoms with Gasteiger partial charge in [0.05, 0.1) is 12.2 Å².